The first-order valence-corrected chi connectivity index (χ1v) is 7.13. The van der Waals surface area contributed by atoms with Crippen molar-refractivity contribution >= 4 is 28.6 Å². The molecule has 0 radical (unpaired) electrons. The third-order valence-corrected chi connectivity index (χ3v) is 3.87. The minimum Gasteiger partial charge on any atom is -0.347 e. The Morgan fingerprint density at radius 1 is 1.18 bits per heavy atom. The van der Waals surface area contributed by atoms with Gasteiger partial charge in [0.25, 0.3) is 5.69 Å². The fourth-order valence-electron chi connectivity index (χ4n) is 2.43. The molecule has 0 saturated heterocycles. The van der Waals surface area contributed by atoms with Crippen LogP contribution in [0.15, 0.2) is 59.6 Å². The quantitative estimate of drug-likeness (QED) is 0.537. The second-order valence-electron chi connectivity index (χ2n) is 5.16. The summed E-state index contributed by atoms with van der Waals surface area (Å²) in [6.07, 6.45) is 0. The number of nitrogens with one attached hydrogen (secondary N) is 1. The van der Waals surface area contributed by atoms with Crippen LogP contribution in [0.1, 0.15) is 18.1 Å². The number of non-ortho nitro benzene ring substituents is 1. The minimum atomic E-state index is -0.797. The summed E-state index contributed by atoms with van der Waals surface area (Å²) in [7, 11) is 0. The third kappa shape index (κ3) is 2.48. The monoisotopic (exact) mass is 311 g/mol. The van der Waals surface area contributed by atoms with E-state index in [4.69, 9.17) is 12.2 Å². The van der Waals surface area contributed by atoms with Gasteiger partial charge in [0.2, 0.25) is 0 Å². The van der Waals surface area contributed by atoms with Crippen molar-refractivity contribution in [3.05, 3.63) is 75.8 Å². The molecule has 5 nitrogen and oxygen atoms in total. The summed E-state index contributed by atoms with van der Waals surface area (Å²) in [5, 5.41) is 14.1. The summed E-state index contributed by atoms with van der Waals surface area (Å²) in [6.45, 7) is 1.86. The third-order valence-electron chi connectivity index (χ3n) is 3.57. The number of nitro benzene ring substituents is 1. The molecule has 2 aromatic rings. The molecule has 0 aliphatic carbocycles. The Labute approximate surface area is 132 Å². The molecule has 0 saturated carbocycles. The van der Waals surface area contributed by atoms with Crippen LogP contribution in [-0.2, 0) is 5.66 Å². The van der Waals surface area contributed by atoms with E-state index >= 15 is 0 Å². The lowest BCUT2D eigenvalue weighted by Gasteiger charge is -2.22. The topological polar surface area (TPSA) is 67.5 Å². The molecule has 1 heterocycles. The van der Waals surface area contributed by atoms with Crippen LogP contribution in [0.25, 0.3) is 0 Å². The van der Waals surface area contributed by atoms with E-state index in [9.17, 15) is 10.1 Å². The number of nitrogens with zero attached hydrogens (tertiary/aromatic N) is 2. The molecule has 22 heavy (non-hydrogen) atoms. The van der Waals surface area contributed by atoms with Crippen LogP contribution in [0.3, 0.4) is 0 Å². The van der Waals surface area contributed by atoms with Crippen molar-refractivity contribution in [3.63, 3.8) is 0 Å². The van der Waals surface area contributed by atoms with Crippen molar-refractivity contribution in [2.24, 2.45) is 4.99 Å². The van der Waals surface area contributed by atoms with Gasteiger partial charge in [0.1, 0.15) is 10.7 Å². The second kappa shape index (κ2) is 5.31. The molecule has 1 aliphatic heterocycles. The Hall–Kier alpha value is -2.60. The summed E-state index contributed by atoms with van der Waals surface area (Å²) < 4.78 is 0. The van der Waals surface area contributed by atoms with Crippen LogP contribution in [0.4, 0.5) is 5.69 Å². The molecule has 0 fully saturated rings. The number of hydrogen-bond donors (Lipinski definition) is 1. The fourth-order valence-corrected chi connectivity index (χ4v) is 2.80. The Morgan fingerprint density at radius 3 is 2.59 bits per heavy atom. The van der Waals surface area contributed by atoms with Crippen molar-refractivity contribution < 1.29 is 4.92 Å². The Morgan fingerprint density at radius 2 is 1.91 bits per heavy atom. The summed E-state index contributed by atoms with van der Waals surface area (Å²) in [5.41, 5.74) is 1.57. The number of aliphatic imine (C=N–C) groups is 1. The number of thiocarbonyl (C=S) groups is 1. The molecule has 1 atom stereocenters. The van der Waals surface area contributed by atoms with Gasteiger partial charge in [-0.1, -0.05) is 54.7 Å². The largest absolute Gasteiger partial charge is 0.347 e. The molecule has 1 unspecified atom stereocenters. The van der Waals surface area contributed by atoms with Crippen LogP contribution in [0.2, 0.25) is 0 Å². The smallest absolute Gasteiger partial charge is 0.269 e. The normalized spacial score (nSPS) is 20.4. The lowest BCUT2D eigenvalue weighted by atomic mass is 10.0. The van der Waals surface area contributed by atoms with Crippen molar-refractivity contribution in [3.8, 4) is 0 Å². The lowest BCUT2D eigenvalue weighted by molar-refractivity contribution is -0.385. The highest BCUT2D eigenvalue weighted by molar-refractivity contribution is 7.82. The van der Waals surface area contributed by atoms with E-state index in [2.05, 4.69) is 10.3 Å². The molecule has 3 rings (SSSR count). The van der Waals surface area contributed by atoms with Crippen LogP contribution < -0.4 is 5.32 Å². The predicted molar refractivity (Wildman–Crippen MR) is 89.2 cm³/mol. The van der Waals surface area contributed by atoms with E-state index in [1.807, 2.05) is 37.3 Å². The van der Waals surface area contributed by atoms with Gasteiger partial charge in [-0.25, -0.2) is 4.99 Å². The Bertz CT molecular complexity index is 789. The first-order valence-electron chi connectivity index (χ1n) is 6.72. The molecule has 0 aromatic heterocycles. The van der Waals surface area contributed by atoms with E-state index < -0.39 is 10.6 Å². The van der Waals surface area contributed by atoms with Gasteiger partial charge < -0.3 is 5.32 Å². The standard InChI is InChI=1S/C16H13N3O2S/c1-16(12-8-5-9-13(10-12)19(20)21)17-14(15(22)18-16)11-6-3-2-4-7-11/h2-10H,1H3,(H,18,22). The number of nitro groups is 1. The van der Waals surface area contributed by atoms with Crippen molar-refractivity contribution in [1.82, 2.24) is 5.32 Å². The number of rotatable bonds is 3. The van der Waals surface area contributed by atoms with Crippen LogP contribution in [0.5, 0.6) is 0 Å². The lowest BCUT2D eigenvalue weighted by Crippen LogP contribution is -2.36. The zero-order valence-electron chi connectivity index (χ0n) is 11.8. The molecular formula is C16H13N3O2S. The molecule has 2 aromatic carbocycles. The summed E-state index contributed by atoms with van der Waals surface area (Å²) in [6, 6.07) is 16.1. The van der Waals surface area contributed by atoms with Crippen LogP contribution in [0, 0.1) is 10.1 Å². The molecular weight excluding hydrogens is 298 g/mol. The molecule has 1 N–H and O–H groups in total. The van der Waals surface area contributed by atoms with Crippen molar-refractivity contribution in [2.75, 3.05) is 0 Å². The van der Waals surface area contributed by atoms with Gasteiger partial charge >= 0.3 is 0 Å². The van der Waals surface area contributed by atoms with E-state index in [-0.39, 0.29) is 5.69 Å². The summed E-state index contributed by atoms with van der Waals surface area (Å²) in [4.78, 5) is 15.8. The minimum absolute atomic E-state index is 0.0369. The van der Waals surface area contributed by atoms with Gasteiger partial charge in [-0.15, -0.1) is 0 Å². The van der Waals surface area contributed by atoms with Gasteiger partial charge in [0.15, 0.2) is 5.66 Å². The van der Waals surface area contributed by atoms with Crippen molar-refractivity contribution in [1.29, 1.82) is 0 Å². The SMILES string of the molecule is CC1(c2cccc([N+](=O)[O-])c2)N=C(c2ccccc2)C(=S)N1. The first kappa shape index (κ1) is 14.3. The first-order chi connectivity index (χ1) is 10.5. The molecule has 1 aliphatic rings. The average molecular weight is 311 g/mol. The fraction of sp³-hybridized carbons (Fsp3) is 0.125. The van der Waals surface area contributed by atoms with E-state index in [0.717, 1.165) is 5.56 Å². The highest BCUT2D eigenvalue weighted by Crippen LogP contribution is 2.30. The predicted octanol–water partition coefficient (Wildman–Crippen LogP) is 3.19. The van der Waals surface area contributed by atoms with E-state index in [0.29, 0.717) is 16.3 Å². The van der Waals surface area contributed by atoms with Gasteiger partial charge in [0.05, 0.1) is 4.92 Å². The maximum absolute atomic E-state index is 10.9. The van der Waals surface area contributed by atoms with E-state index in [1.165, 1.54) is 12.1 Å². The zero-order valence-corrected chi connectivity index (χ0v) is 12.6. The van der Waals surface area contributed by atoms with Gasteiger partial charge in [-0.2, -0.15) is 0 Å². The molecule has 6 heteroatoms. The Kier molecular flexibility index (Phi) is 3.46. The van der Waals surface area contributed by atoms with Crippen LogP contribution in [-0.4, -0.2) is 15.6 Å². The van der Waals surface area contributed by atoms with E-state index in [1.54, 1.807) is 12.1 Å². The Balaban J connectivity index is 2.04. The summed E-state index contributed by atoms with van der Waals surface area (Å²) >= 11 is 5.38. The molecule has 0 bridgehead atoms. The van der Waals surface area contributed by atoms with Crippen LogP contribution >= 0.6 is 12.2 Å². The number of hydrogen-bond acceptors (Lipinski definition) is 4. The van der Waals surface area contributed by atoms with Crippen molar-refractivity contribution in [2.45, 2.75) is 12.6 Å². The molecule has 0 amide bonds. The average Bonchev–Trinajstić information content (AvgIpc) is 2.84. The highest BCUT2D eigenvalue weighted by Gasteiger charge is 2.35. The molecule has 0 spiro atoms. The molecule has 110 valence electrons. The van der Waals surface area contributed by atoms with Gasteiger partial charge in [0, 0.05) is 23.3 Å². The van der Waals surface area contributed by atoms with Gasteiger partial charge in [-0.05, 0) is 6.92 Å². The second-order valence-corrected chi connectivity index (χ2v) is 5.57. The number of benzene rings is 2. The maximum Gasteiger partial charge on any atom is 0.269 e. The highest BCUT2D eigenvalue weighted by atomic mass is 32.1. The van der Waals surface area contributed by atoms with Gasteiger partial charge in [-0.3, -0.25) is 10.1 Å². The maximum atomic E-state index is 10.9. The summed E-state index contributed by atoms with van der Waals surface area (Å²) in [5.74, 6) is 0. The zero-order chi connectivity index (χ0) is 15.7.